The van der Waals surface area contributed by atoms with Crippen molar-refractivity contribution in [3.63, 3.8) is 0 Å². The van der Waals surface area contributed by atoms with E-state index in [4.69, 9.17) is 23.2 Å². The number of halogens is 2. The van der Waals surface area contributed by atoms with Gasteiger partial charge in [-0.25, -0.2) is 4.68 Å². The lowest BCUT2D eigenvalue weighted by Gasteiger charge is -2.34. The van der Waals surface area contributed by atoms with Gasteiger partial charge in [0.15, 0.2) is 0 Å². The first kappa shape index (κ1) is 23.6. The third-order valence-electron chi connectivity index (χ3n) is 5.45. The Labute approximate surface area is 193 Å². The maximum Gasteiger partial charge on any atom is 0.234 e. The summed E-state index contributed by atoms with van der Waals surface area (Å²) < 4.78 is 1.77. The van der Waals surface area contributed by atoms with Gasteiger partial charge in [0.2, 0.25) is 11.8 Å². The molecule has 0 bridgehead atoms. The molecule has 0 aliphatic carbocycles. The number of hydrogen-bond acceptors (Lipinski definition) is 4. The fourth-order valence-electron chi connectivity index (χ4n) is 3.81. The molecule has 0 saturated carbocycles. The largest absolute Gasteiger partial charge is 0.353 e. The summed E-state index contributed by atoms with van der Waals surface area (Å²) in [5.41, 5.74) is 3.34. The smallest absolute Gasteiger partial charge is 0.234 e. The molecule has 3 rings (SSSR count). The van der Waals surface area contributed by atoms with E-state index in [1.807, 2.05) is 38.7 Å². The van der Waals surface area contributed by atoms with Crippen LogP contribution in [0, 0.1) is 13.8 Å². The molecule has 1 saturated heterocycles. The maximum atomic E-state index is 13.0. The number of hydrogen-bond donors (Lipinski definition) is 1. The van der Waals surface area contributed by atoms with Crippen LogP contribution < -0.4 is 5.32 Å². The second kappa shape index (κ2) is 10.0. The summed E-state index contributed by atoms with van der Waals surface area (Å²) in [6.45, 7) is 10.7. The first-order valence-corrected chi connectivity index (χ1v) is 11.2. The van der Waals surface area contributed by atoms with Gasteiger partial charge in [-0.05, 0) is 45.9 Å². The highest BCUT2D eigenvalue weighted by Gasteiger charge is 2.25. The second-order valence-electron chi connectivity index (χ2n) is 8.21. The van der Waals surface area contributed by atoms with E-state index in [2.05, 4.69) is 15.3 Å². The lowest BCUT2D eigenvalue weighted by Crippen LogP contribution is -2.51. The van der Waals surface area contributed by atoms with Gasteiger partial charge in [-0.3, -0.25) is 14.5 Å². The fraction of sp³-hybridized carbons (Fsp3) is 0.500. The van der Waals surface area contributed by atoms with Gasteiger partial charge < -0.3 is 10.2 Å². The molecule has 1 N–H and O–H groups in total. The van der Waals surface area contributed by atoms with E-state index < -0.39 is 0 Å². The molecule has 31 heavy (non-hydrogen) atoms. The van der Waals surface area contributed by atoms with Gasteiger partial charge in [0.05, 0.1) is 29.4 Å². The quantitative estimate of drug-likeness (QED) is 0.711. The van der Waals surface area contributed by atoms with Crippen LogP contribution in [0.1, 0.15) is 30.8 Å². The van der Waals surface area contributed by atoms with E-state index in [0.29, 0.717) is 42.8 Å². The lowest BCUT2D eigenvalue weighted by atomic mass is 10.1. The minimum absolute atomic E-state index is 0.0225. The van der Waals surface area contributed by atoms with Gasteiger partial charge >= 0.3 is 0 Å². The molecule has 7 nitrogen and oxygen atoms in total. The Balaban J connectivity index is 1.63. The molecule has 2 aromatic rings. The van der Waals surface area contributed by atoms with Crippen molar-refractivity contribution in [1.82, 2.24) is 24.9 Å². The Morgan fingerprint density at radius 3 is 2.42 bits per heavy atom. The minimum atomic E-state index is 0.0225. The van der Waals surface area contributed by atoms with Crippen molar-refractivity contribution >= 4 is 35.0 Å². The fourth-order valence-corrected chi connectivity index (χ4v) is 4.30. The molecular formula is C22H29Cl2N5O2. The van der Waals surface area contributed by atoms with Crippen LogP contribution in [0.4, 0.5) is 0 Å². The van der Waals surface area contributed by atoms with Crippen LogP contribution in [-0.4, -0.2) is 70.2 Å². The Kier molecular flexibility index (Phi) is 7.62. The molecule has 168 valence electrons. The van der Waals surface area contributed by atoms with E-state index in [0.717, 1.165) is 22.6 Å². The number of piperazine rings is 1. The Hall–Kier alpha value is -2.09. The summed E-state index contributed by atoms with van der Waals surface area (Å²) in [5.74, 6) is 0.0912. The van der Waals surface area contributed by atoms with Crippen LogP contribution in [0.5, 0.6) is 0 Å². The average molecular weight is 466 g/mol. The Morgan fingerprint density at radius 1 is 1.13 bits per heavy atom. The molecule has 2 amide bonds. The van der Waals surface area contributed by atoms with E-state index in [1.54, 1.807) is 16.8 Å². The number of aromatic nitrogens is 2. The van der Waals surface area contributed by atoms with Crippen LogP contribution in [0.15, 0.2) is 18.2 Å². The number of amides is 2. The van der Waals surface area contributed by atoms with Gasteiger partial charge in [0.1, 0.15) is 0 Å². The van der Waals surface area contributed by atoms with Crippen LogP contribution in [0.2, 0.25) is 10.0 Å². The van der Waals surface area contributed by atoms with Crippen molar-refractivity contribution in [2.75, 3.05) is 32.7 Å². The van der Waals surface area contributed by atoms with Crippen molar-refractivity contribution < 1.29 is 9.59 Å². The molecule has 2 heterocycles. The van der Waals surface area contributed by atoms with E-state index in [-0.39, 0.29) is 24.3 Å². The standard InChI is InChI=1S/C22H29Cl2N5O2/c1-14(2)25-21(30)13-27-7-9-28(10-8-27)22(31)12-18-15(3)26-29(16(18)4)20-6-5-17(23)11-19(20)24/h5-6,11,14H,7-10,12-13H2,1-4H3,(H,25,30). The van der Waals surface area contributed by atoms with Crippen LogP contribution in [-0.2, 0) is 16.0 Å². The number of aryl methyl sites for hydroxylation is 1. The predicted octanol–water partition coefficient (Wildman–Crippen LogP) is 3.01. The van der Waals surface area contributed by atoms with Crippen molar-refractivity contribution in [1.29, 1.82) is 0 Å². The summed E-state index contributed by atoms with van der Waals surface area (Å²) in [4.78, 5) is 28.9. The summed E-state index contributed by atoms with van der Waals surface area (Å²) >= 11 is 12.4. The Morgan fingerprint density at radius 2 is 1.81 bits per heavy atom. The number of carbonyl (C=O) groups excluding carboxylic acids is 2. The zero-order valence-corrected chi connectivity index (χ0v) is 19.9. The monoisotopic (exact) mass is 465 g/mol. The molecule has 9 heteroatoms. The lowest BCUT2D eigenvalue weighted by molar-refractivity contribution is -0.132. The molecule has 1 fully saturated rings. The number of nitrogens with zero attached hydrogens (tertiary/aromatic N) is 4. The minimum Gasteiger partial charge on any atom is -0.353 e. The highest BCUT2D eigenvalue weighted by atomic mass is 35.5. The predicted molar refractivity (Wildman–Crippen MR) is 123 cm³/mol. The van der Waals surface area contributed by atoms with Crippen molar-refractivity contribution in [3.8, 4) is 5.69 Å². The molecule has 1 aliphatic rings. The number of carbonyl (C=O) groups is 2. The van der Waals surface area contributed by atoms with Crippen LogP contribution in [0.25, 0.3) is 5.69 Å². The highest BCUT2D eigenvalue weighted by molar-refractivity contribution is 6.35. The third kappa shape index (κ3) is 5.79. The van der Waals surface area contributed by atoms with E-state index in [9.17, 15) is 9.59 Å². The second-order valence-corrected chi connectivity index (χ2v) is 9.06. The molecule has 1 aromatic carbocycles. The number of rotatable bonds is 6. The van der Waals surface area contributed by atoms with Gasteiger partial charge in [-0.15, -0.1) is 0 Å². The highest BCUT2D eigenvalue weighted by Crippen LogP contribution is 2.27. The molecule has 0 unspecified atom stereocenters. The van der Waals surface area contributed by atoms with E-state index >= 15 is 0 Å². The average Bonchev–Trinajstić information content (AvgIpc) is 2.96. The topological polar surface area (TPSA) is 70.5 Å². The SMILES string of the molecule is Cc1nn(-c2ccc(Cl)cc2Cl)c(C)c1CC(=O)N1CCN(CC(=O)NC(C)C)CC1. The first-order valence-electron chi connectivity index (χ1n) is 10.5. The Bertz CT molecular complexity index is 965. The maximum absolute atomic E-state index is 13.0. The van der Waals surface area contributed by atoms with Crippen molar-refractivity contribution in [2.45, 2.75) is 40.2 Å². The first-order chi connectivity index (χ1) is 14.7. The molecule has 0 radical (unpaired) electrons. The molecule has 0 atom stereocenters. The summed E-state index contributed by atoms with van der Waals surface area (Å²) in [6.07, 6.45) is 0.288. The number of benzene rings is 1. The molecule has 1 aliphatic heterocycles. The zero-order chi connectivity index (χ0) is 22.7. The van der Waals surface area contributed by atoms with Crippen molar-refractivity contribution in [3.05, 3.63) is 45.2 Å². The summed E-state index contributed by atoms with van der Waals surface area (Å²) in [6, 6.07) is 5.40. The van der Waals surface area contributed by atoms with E-state index in [1.165, 1.54) is 0 Å². The zero-order valence-electron chi connectivity index (χ0n) is 18.4. The van der Waals surface area contributed by atoms with Gasteiger partial charge in [0, 0.05) is 48.5 Å². The van der Waals surface area contributed by atoms with Gasteiger partial charge in [-0.2, -0.15) is 5.10 Å². The molecular weight excluding hydrogens is 437 g/mol. The van der Waals surface area contributed by atoms with Crippen LogP contribution >= 0.6 is 23.2 Å². The van der Waals surface area contributed by atoms with Gasteiger partial charge in [-0.1, -0.05) is 23.2 Å². The molecule has 0 spiro atoms. The summed E-state index contributed by atoms with van der Waals surface area (Å²) in [5, 5.41) is 8.58. The van der Waals surface area contributed by atoms with Crippen molar-refractivity contribution in [2.24, 2.45) is 0 Å². The normalized spacial score (nSPS) is 14.9. The van der Waals surface area contributed by atoms with Gasteiger partial charge in [0.25, 0.3) is 0 Å². The molecule has 1 aromatic heterocycles. The third-order valence-corrected chi connectivity index (χ3v) is 5.99. The van der Waals surface area contributed by atoms with Crippen LogP contribution in [0.3, 0.4) is 0 Å². The number of nitrogens with one attached hydrogen (secondary N) is 1. The summed E-state index contributed by atoms with van der Waals surface area (Å²) in [7, 11) is 0.